The highest BCUT2D eigenvalue weighted by Gasteiger charge is 2.10. The summed E-state index contributed by atoms with van der Waals surface area (Å²) in [5.74, 6) is 0.783. The Balaban J connectivity index is 2.30. The van der Waals surface area contributed by atoms with E-state index in [4.69, 9.17) is 27.3 Å². The number of halogens is 1. The third-order valence-electron chi connectivity index (χ3n) is 3.18. The number of methoxy groups -OCH3 is 1. The van der Waals surface area contributed by atoms with Gasteiger partial charge in [-0.3, -0.25) is 0 Å². The third kappa shape index (κ3) is 3.20. The standard InChI is InChI=1S/C15H16ClN3O2/c1-19(10-3-6-12(21-2)7-4-10)11-5-8-13(14(16)9-11)15(17)18-20/h3-9,20H,1-2H3,(H2,17,18). The van der Waals surface area contributed by atoms with Crippen molar-refractivity contribution in [2.75, 3.05) is 19.1 Å². The number of anilines is 2. The van der Waals surface area contributed by atoms with E-state index in [2.05, 4.69) is 5.16 Å². The van der Waals surface area contributed by atoms with Crippen LogP contribution < -0.4 is 15.4 Å². The van der Waals surface area contributed by atoms with Crippen molar-refractivity contribution in [2.45, 2.75) is 0 Å². The van der Waals surface area contributed by atoms with Gasteiger partial charge in [0.25, 0.3) is 0 Å². The number of nitrogens with two attached hydrogens (primary N) is 1. The Labute approximate surface area is 128 Å². The van der Waals surface area contributed by atoms with Crippen LogP contribution in [0, 0.1) is 0 Å². The SMILES string of the molecule is COc1ccc(N(C)c2ccc(C(N)=NO)c(Cl)c2)cc1. The van der Waals surface area contributed by atoms with Gasteiger partial charge in [0.1, 0.15) is 5.75 Å². The molecule has 0 spiro atoms. The molecule has 5 nitrogen and oxygen atoms in total. The van der Waals surface area contributed by atoms with Gasteiger partial charge in [-0.25, -0.2) is 0 Å². The second-order valence-corrected chi connectivity index (χ2v) is 4.81. The molecule has 110 valence electrons. The number of hydrogen-bond donors (Lipinski definition) is 2. The lowest BCUT2D eigenvalue weighted by Crippen LogP contribution is -2.15. The summed E-state index contributed by atoms with van der Waals surface area (Å²) in [6.45, 7) is 0. The first-order chi connectivity index (χ1) is 10.1. The van der Waals surface area contributed by atoms with E-state index in [9.17, 15) is 0 Å². The molecule has 0 aliphatic rings. The molecule has 0 bridgehead atoms. The Bertz CT molecular complexity index is 656. The number of amidine groups is 1. The van der Waals surface area contributed by atoms with Gasteiger partial charge in [0.2, 0.25) is 0 Å². The fraction of sp³-hybridized carbons (Fsp3) is 0.133. The molecule has 2 rings (SSSR count). The van der Waals surface area contributed by atoms with E-state index >= 15 is 0 Å². The van der Waals surface area contributed by atoms with Crippen molar-refractivity contribution in [3.8, 4) is 5.75 Å². The van der Waals surface area contributed by atoms with Gasteiger partial charge in [0.15, 0.2) is 5.84 Å². The summed E-state index contributed by atoms with van der Waals surface area (Å²) < 4.78 is 5.14. The van der Waals surface area contributed by atoms with Crippen LogP contribution in [0.15, 0.2) is 47.6 Å². The molecule has 0 saturated heterocycles. The molecule has 0 radical (unpaired) electrons. The lowest BCUT2D eigenvalue weighted by molar-refractivity contribution is 0.318. The first-order valence-electron chi connectivity index (χ1n) is 6.22. The Morgan fingerprint density at radius 2 is 1.81 bits per heavy atom. The molecule has 21 heavy (non-hydrogen) atoms. The number of nitrogens with zero attached hydrogens (tertiary/aromatic N) is 2. The summed E-state index contributed by atoms with van der Waals surface area (Å²) in [6.07, 6.45) is 0. The van der Waals surface area contributed by atoms with E-state index in [1.807, 2.05) is 42.3 Å². The van der Waals surface area contributed by atoms with E-state index in [0.717, 1.165) is 17.1 Å². The first-order valence-corrected chi connectivity index (χ1v) is 6.60. The zero-order valence-corrected chi connectivity index (χ0v) is 12.5. The first kappa shape index (κ1) is 15.0. The smallest absolute Gasteiger partial charge is 0.171 e. The Hall–Kier alpha value is -2.40. The van der Waals surface area contributed by atoms with Crippen LogP contribution >= 0.6 is 11.6 Å². The van der Waals surface area contributed by atoms with Gasteiger partial charge in [0, 0.05) is 24.0 Å². The van der Waals surface area contributed by atoms with Crippen LogP contribution in [0.5, 0.6) is 5.75 Å². The summed E-state index contributed by atoms with van der Waals surface area (Å²) in [6, 6.07) is 13.0. The number of rotatable bonds is 4. The molecule has 3 N–H and O–H groups in total. The molecule has 2 aromatic rings. The molecule has 0 amide bonds. The summed E-state index contributed by atoms with van der Waals surface area (Å²) in [5, 5.41) is 12.1. The van der Waals surface area contributed by atoms with Crippen LogP contribution in [0.1, 0.15) is 5.56 Å². The zero-order valence-electron chi connectivity index (χ0n) is 11.7. The van der Waals surface area contributed by atoms with E-state index in [1.54, 1.807) is 19.2 Å². The van der Waals surface area contributed by atoms with Crippen LogP contribution in [0.3, 0.4) is 0 Å². The number of oxime groups is 1. The van der Waals surface area contributed by atoms with Crippen molar-refractivity contribution in [1.82, 2.24) is 0 Å². The minimum Gasteiger partial charge on any atom is -0.497 e. The largest absolute Gasteiger partial charge is 0.497 e. The van der Waals surface area contributed by atoms with Gasteiger partial charge in [-0.15, -0.1) is 0 Å². The van der Waals surface area contributed by atoms with E-state index in [1.165, 1.54) is 0 Å². The normalized spacial score (nSPS) is 11.3. The summed E-state index contributed by atoms with van der Waals surface area (Å²) >= 11 is 6.16. The number of benzene rings is 2. The van der Waals surface area contributed by atoms with Gasteiger partial charge in [-0.1, -0.05) is 16.8 Å². The van der Waals surface area contributed by atoms with Crippen molar-refractivity contribution < 1.29 is 9.94 Å². The summed E-state index contributed by atoms with van der Waals surface area (Å²) in [4.78, 5) is 1.97. The Morgan fingerprint density at radius 1 is 1.19 bits per heavy atom. The van der Waals surface area contributed by atoms with Gasteiger partial charge in [-0.2, -0.15) is 0 Å². The molecular formula is C15H16ClN3O2. The van der Waals surface area contributed by atoms with Crippen molar-refractivity contribution in [1.29, 1.82) is 0 Å². The lowest BCUT2D eigenvalue weighted by atomic mass is 10.1. The fourth-order valence-corrected chi connectivity index (χ4v) is 2.20. The van der Waals surface area contributed by atoms with Crippen molar-refractivity contribution in [3.05, 3.63) is 53.1 Å². The number of ether oxygens (including phenoxy) is 1. The predicted molar refractivity (Wildman–Crippen MR) is 85.0 cm³/mol. The van der Waals surface area contributed by atoms with Gasteiger partial charge in [-0.05, 0) is 42.5 Å². The van der Waals surface area contributed by atoms with Crippen molar-refractivity contribution >= 4 is 28.8 Å². The van der Waals surface area contributed by atoms with E-state index in [0.29, 0.717) is 10.6 Å². The second kappa shape index (κ2) is 6.37. The molecule has 0 aliphatic heterocycles. The highest BCUT2D eigenvalue weighted by molar-refractivity contribution is 6.34. The molecular weight excluding hydrogens is 290 g/mol. The second-order valence-electron chi connectivity index (χ2n) is 4.41. The zero-order chi connectivity index (χ0) is 15.4. The molecule has 0 aliphatic carbocycles. The van der Waals surface area contributed by atoms with Gasteiger partial charge < -0.3 is 20.6 Å². The monoisotopic (exact) mass is 305 g/mol. The highest BCUT2D eigenvalue weighted by Crippen LogP contribution is 2.29. The van der Waals surface area contributed by atoms with Crippen LogP contribution in [-0.4, -0.2) is 25.2 Å². The van der Waals surface area contributed by atoms with Crippen molar-refractivity contribution in [3.63, 3.8) is 0 Å². The van der Waals surface area contributed by atoms with Crippen LogP contribution in [0.2, 0.25) is 5.02 Å². The maximum atomic E-state index is 8.70. The summed E-state index contributed by atoms with van der Waals surface area (Å²) in [5.41, 5.74) is 7.92. The Morgan fingerprint density at radius 3 is 2.33 bits per heavy atom. The van der Waals surface area contributed by atoms with Gasteiger partial charge in [0.05, 0.1) is 12.1 Å². The molecule has 0 unspecified atom stereocenters. The average molecular weight is 306 g/mol. The highest BCUT2D eigenvalue weighted by atomic mass is 35.5. The van der Waals surface area contributed by atoms with E-state index in [-0.39, 0.29) is 5.84 Å². The molecule has 0 atom stereocenters. The van der Waals surface area contributed by atoms with Crippen molar-refractivity contribution in [2.24, 2.45) is 10.9 Å². The topological polar surface area (TPSA) is 71.1 Å². The fourth-order valence-electron chi connectivity index (χ4n) is 1.93. The average Bonchev–Trinajstić information content (AvgIpc) is 2.53. The molecule has 0 fully saturated rings. The third-order valence-corrected chi connectivity index (χ3v) is 3.50. The minimum absolute atomic E-state index is 0.0151. The molecule has 2 aromatic carbocycles. The van der Waals surface area contributed by atoms with Crippen LogP contribution in [0.25, 0.3) is 0 Å². The molecule has 0 saturated carbocycles. The van der Waals surface area contributed by atoms with Crippen LogP contribution in [0.4, 0.5) is 11.4 Å². The maximum Gasteiger partial charge on any atom is 0.171 e. The minimum atomic E-state index is -0.0151. The van der Waals surface area contributed by atoms with Crippen LogP contribution in [-0.2, 0) is 0 Å². The molecule has 0 heterocycles. The van der Waals surface area contributed by atoms with Gasteiger partial charge >= 0.3 is 0 Å². The Kier molecular flexibility index (Phi) is 4.55. The summed E-state index contributed by atoms with van der Waals surface area (Å²) in [7, 11) is 3.56. The number of hydrogen-bond acceptors (Lipinski definition) is 4. The maximum absolute atomic E-state index is 8.70. The van der Waals surface area contributed by atoms with E-state index < -0.39 is 0 Å². The quantitative estimate of drug-likeness (QED) is 0.394. The predicted octanol–water partition coefficient (Wildman–Crippen LogP) is 3.21. The molecule has 6 heteroatoms. The molecule has 0 aromatic heterocycles. The lowest BCUT2D eigenvalue weighted by Gasteiger charge is -2.20.